The molecule has 0 unspecified atom stereocenters. The van der Waals surface area contributed by atoms with E-state index in [9.17, 15) is 9.59 Å². The Morgan fingerprint density at radius 1 is 1.05 bits per heavy atom. The van der Waals surface area contributed by atoms with E-state index in [2.05, 4.69) is 16.0 Å². The van der Waals surface area contributed by atoms with Crippen molar-refractivity contribution >= 4 is 34.6 Å². The van der Waals surface area contributed by atoms with Crippen molar-refractivity contribution in [1.29, 1.82) is 0 Å². The Labute approximate surface area is 133 Å². The average molecular weight is 317 g/mol. The van der Waals surface area contributed by atoms with Gasteiger partial charge in [-0.3, -0.25) is 4.79 Å². The highest BCUT2D eigenvalue weighted by atomic mass is 32.1. The fourth-order valence-electron chi connectivity index (χ4n) is 1.85. The van der Waals surface area contributed by atoms with E-state index >= 15 is 0 Å². The Hall–Kier alpha value is -2.34. The van der Waals surface area contributed by atoms with Crippen molar-refractivity contribution in [2.24, 2.45) is 0 Å². The number of hydrogen-bond acceptors (Lipinski definition) is 3. The molecule has 0 radical (unpaired) electrons. The van der Waals surface area contributed by atoms with E-state index in [0.29, 0.717) is 16.3 Å². The van der Waals surface area contributed by atoms with Gasteiger partial charge in [-0.2, -0.15) is 0 Å². The highest BCUT2D eigenvalue weighted by Gasteiger charge is 2.09. The predicted octanol–water partition coefficient (Wildman–Crippen LogP) is 3.84. The maximum absolute atomic E-state index is 12.1. The molecule has 0 spiro atoms. The number of carbonyl (C=O) groups is 2. The predicted molar refractivity (Wildman–Crippen MR) is 90.7 cm³/mol. The zero-order chi connectivity index (χ0) is 16.1. The van der Waals surface area contributed by atoms with Crippen LogP contribution in [-0.2, 0) is 0 Å². The average Bonchev–Trinajstić information content (AvgIpc) is 2.85. The van der Waals surface area contributed by atoms with Gasteiger partial charge < -0.3 is 16.0 Å². The first-order chi connectivity index (χ1) is 10.4. The van der Waals surface area contributed by atoms with Gasteiger partial charge in [-0.25, -0.2) is 4.79 Å². The second-order valence-corrected chi connectivity index (χ2v) is 6.49. The molecule has 3 N–H and O–H groups in total. The highest BCUT2D eigenvalue weighted by Crippen LogP contribution is 2.19. The molecule has 22 heavy (non-hydrogen) atoms. The van der Waals surface area contributed by atoms with Crippen LogP contribution < -0.4 is 16.0 Å². The van der Waals surface area contributed by atoms with E-state index < -0.39 is 0 Å². The van der Waals surface area contributed by atoms with E-state index in [4.69, 9.17) is 0 Å². The lowest BCUT2D eigenvalue weighted by Crippen LogP contribution is -2.34. The molecule has 1 heterocycles. The van der Waals surface area contributed by atoms with Crippen LogP contribution in [0.25, 0.3) is 0 Å². The summed E-state index contributed by atoms with van der Waals surface area (Å²) in [5.41, 5.74) is 1.26. The lowest BCUT2D eigenvalue weighted by Gasteiger charge is -2.11. The first kappa shape index (κ1) is 16.0. The van der Waals surface area contributed by atoms with Crippen LogP contribution in [0, 0.1) is 6.92 Å². The number of amides is 3. The molecule has 0 atom stereocenters. The summed E-state index contributed by atoms with van der Waals surface area (Å²) in [6.45, 7) is 5.73. The van der Waals surface area contributed by atoms with Crippen molar-refractivity contribution < 1.29 is 9.59 Å². The third-order valence-corrected chi connectivity index (χ3v) is 3.76. The molecule has 0 saturated carbocycles. The molecule has 2 rings (SSSR count). The first-order valence-electron chi connectivity index (χ1n) is 6.99. The van der Waals surface area contributed by atoms with Crippen molar-refractivity contribution in [2.75, 3.05) is 10.6 Å². The highest BCUT2D eigenvalue weighted by molar-refractivity contribution is 7.14. The largest absolute Gasteiger partial charge is 0.336 e. The zero-order valence-corrected chi connectivity index (χ0v) is 13.6. The molecule has 5 nitrogen and oxygen atoms in total. The fourth-order valence-corrected chi connectivity index (χ4v) is 2.62. The molecule has 0 saturated heterocycles. The summed E-state index contributed by atoms with van der Waals surface area (Å²) in [6, 6.07) is 10.5. The van der Waals surface area contributed by atoms with Crippen LogP contribution in [0.4, 0.5) is 16.2 Å². The molecule has 1 aromatic carbocycles. The molecule has 1 aromatic heterocycles. The molecule has 0 aliphatic carbocycles. The minimum absolute atomic E-state index is 0.0601. The van der Waals surface area contributed by atoms with Crippen LogP contribution in [0.1, 0.15) is 28.4 Å². The Morgan fingerprint density at radius 3 is 2.32 bits per heavy atom. The van der Waals surface area contributed by atoms with Crippen LogP contribution in [0.3, 0.4) is 0 Å². The Morgan fingerprint density at radius 2 is 1.73 bits per heavy atom. The Bertz CT molecular complexity index is 680. The summed E-state index contributed by atoms with van der Waals surface area (Å²) in [4.78, 5) is 25.5. The molecule has 6 heteroatoms. The standard InChI is InChI=1S/C16H19N3O2S/c1-10(2)17-16(21)19-13-6-4-5-12(9-13)18-15(20)14-8-7-11(3)22-14/h4-10H,1-3H3,(H,18,20)(H2,17,19,21). The summed E-state index contributed by atoms with van der Waals surface area (Å²) in [7, 11) is 0. The Kier molecular flexibility index (Phi) is 5.16. The number of benzene rings is 1. The lowest BCUT2D eigenvalue weighted by molar-refractivity contribution is 0.103. The number of hydrogen-bond donors (Lipinski definition) is 3. The van der Waals surface area contributed by atoms with Gasteiger partial charge in [0.1, 0.15) is 0 Å². The van der Waals surface area contributed by atoms with Gasteiger partial charge in [-0.15, -0.1) is 11.3 Å². The van der Waals surface area contributed by atoms with E-state index in [1.54, 1.807) is 30.3 Å². The van der Waals surface area contributed by atoms with E-state index in [1.165, 1.54) is 11.3 Å². The molecular formula is C16H19N3O2S. The van der Waals surface area contributed by atoms with Crippen LogP contribution in [-0.4, -0.2) is 18.0 Å². The second-order valence-electron chi connectivity index (χ2n) is 5.20. The number of nitrogens with one attached hydrogen (secondary N) is 3. The molecule has 3 amide bonds. The van der Waals surface area contributed by atoms with Crippen LogP contribution in [0.15, 0.2) is 36.4 Å². The maximum Gasteiger partial charge on any atom is 0.319 e. The Balaban J connectivity index is 2.02. The van der Waals surface area contributed by atoms with Crippen molar-refractivity contribution in [3.63, 3.8) is 0 Å². The molecule has 0 fully saturated rings. The van der Waals surface area contributed by atoms with Crippen LogP contribution in [0.5, 0.6) is 0 Å². The minimum Gasteiger partial charge on any atom is -0.336 e. The smallest absolute Gasteiger partial charge is 0.319 e. The summed E-state index contributed by atoms with van der Waals surface area (Å²) >= 11 is 1.44. The van der Waals surface area contributed by atoms with Crippen molar-refractivity contribution in [1.82, 2.24) is 5.32 Å². The molecular weight excluding hydrogens is 298 g/mol. The van der Waals surface area contributed by atoms with E-state index in [0.717, 1.165) is 4.88 Å². The summed E-state index contributed by atoms with van der Waals surface area (Å²) < 4.78 is 0. The van der Waals surface area contributed by atoms with Crippen molar-refractivity contribution in [3.8, 4) is 0 Å². The van der Waals surface area contributed by atoms with Gasteiger partial charge in [0, 0.05) is 22.3 Å². The van der Waals surface area contributed by atoms with Gasteiger partial charge in [0.25, 0.3) is 5.91 Å². The van der Waals surface area contributed by atoms with Crippen LogP contribution in [0.2, 0.25) is 0 Å². The number of carbonyl (C=O) groups excluding carboxylic acids is 2. The zero-order valence-electron chi connectivity index (χ0n) is 12.8. The van der Waals surface area contributed by atoms with E-state index in [-0.39, 0.29) is 18.0 Å². The topological polar surface area (TPSA) is 70.2 Å². The summed E-state index contributed by atoms with van der Waals surface area (Å²) in [6.07, 6.45) is 0. The quantitative estimate of drug-likeness (QED) is 0.802. The van der Waals surface area contributed by atoms with Gasteiger partial charge in [0.15, 0.2) is 0 Å². The number of rotatable bonds is 4. The molecule has 2 aromatic rings. The molecule has 116 valence electrons. The number of aryl methyl sites for hydroxylation is 1. The third-order valence-electron chi connectivity index (χ3n) is 2.76. The minimum atomic E-state index is -0.271. The van der Waals surface area contributed by atoms with Gasteiger partial charge in [-0.1, -0.05) is 6.07 Å². The molecule has 0 aliphatic rings. The number of anilines is 2. The maximum atomic E-state index is 12.1. The normalized spacial score (nSPS) is 10.4. The lowest BCUT2D eigenvalue weighted by atomic mass is 10.2. The second kappa shape index (κ2) is 7.09. The van der Waals surface area contributed by atoms with Gasteiger partial charge >= 0.3 is 6.03 Å². The van der Waals surface area contributed by atoms with Crippen molar-refractivity contribution in [2.45, 2.75) is 26.8 Å². The van der Waals surface area contributed by atoms with Gasteiger partial charge in [0.05, 0.1) is 4.88 Å². The monoisotopic (exact) mass is 317 g/mol. The fraction of sp³-hybridized carbons (Fsp3) is 0.250. The number of thiophene rings is 1. The SMILES string of the molecule is Cc1ccc(C(=O)Nc2cccc(NC(=O)NC(C)C)c2)s1. The summed E-state index contributed by atoms with van der Waals surface area (Å²) in [5, 5.41) is 8.30. The van der Waals surface area contributed by atoms with Crippen LogP contribution >= 0.6 is 11.3 Å². The van der Waals surface area contributed by atoms with Gasteiger partial charge in [-0.05, 0) is 51.1 Å². The number of urea groups is 1. The summed E-state index contributed by atoms with van der Waals surface area (Å²) in [5.74, 6) is -0.151. The van der Waals surface area contributed by atoms with E-state index in [1.807, 2.05) is 26.8 Å². The van der Waals surface area contributed by atoms with Gasteiger partial charge in [0.2, 0.25) is 0 Å². The van der Waals surface area contributed by atoms with Crippen molar-refractivity contribution in [3.05, 3.63) is 46.2 Å². The molecule has 0 aliphatic heterocycles. The third kappa shape index (κ3) is 4.60. The first-order valence-corrected chi connectivity index (χ1v) is 7.81. The molecule has 0 bridgehead atoms.